The van der Waals surface area contributed by atoms with Gasteiger partial charge in [0.25, 0.3) is 5.91 Å². The lowest BCUT2D eigenvalue weighted by molar-refractivity contribution is 0.0955. The monoisotopic (exact) mass is 352 g/mol. The fraction of sp³-hybridized carbons (Fsp3) is 0.211. The maximum atomic E-state index is 12.2. The van der Waals surface area contributed by atoms with Crippen molar-refractivity contribution in [3.63, 3.8) is 0 Å². The number of carbonyl (C=O) groups is 1. The molecule has 25 heavy (non-hydrogen) atoms. The molecular weight excluding hydrogens is 332 g/mol. The number of benzene rings is 1. The lowest BCUT2D eigenvalue weighted by Crippen LogP contribution is -2.16. The van der Waals surface area contributed by atoms with Crippen LogP contribution in [0.3, 0.4) is 0 Å². The number of nitrogens with zero attached hydrogens (tertiary/aromatic N) is 2. The van der Waals surface area contributed by atoms with Crippen LogP contribution in [0.1, 0.15) is 46.1 Å². The molecule has 5 nitrogen and oxygen atoms in total. The Kier molecular flexibility index (Phi) is 5.09. The predicted octanol–water partition coefficient (Wildman–Crippen LogP) is 4.33. The van der Waals surface area contributed by atoms with Gasteiger partial charge in [-0.1, -0.05) is 43.7 Å². The molecule has 0 unspecified atom stereocenters. The van der Waals surface area contributed by atoms with E-state index in [1.165, 1.54) is 10.4 Å². The summed E-state index contributed by atoms with van der Waals surface area (Å²) in [5.41, 5.74) is 7.12. The van der Waals surface area contributed by atoms with E-state index in [4.69, 9.17) is 0 Å². The van der Waals surface area contributed by atoms with Crippen molar-refractivity contribution in [2.24, 2.45) is 5.10 Å². The smallest absolute Gasteiger partial charge is 0.272 e. The van der Waals surface area contributed by atoms with Crippen LogP contribution < -0.4 is 5.43 Å². The summed E-state index contributed by atoms with van der Waals surface area (Å²) in [4.78, 5) is 13.3. The fourth-order valence-electron chi connectivity index (χ4n) is 2.34. The second-order valence-electron chi connectivity index (χ2n) is 6.16. The summed E-state index contributed by atoms with van der Waals surface area (Å²) in [6.45, 7) is 6.26. The molecule has 3 aromatic rings. The van der Waals surface area contributed by atoms with Crippen molar-refractivity contribution in [2.75, 3.05) is 0 Å². The normalized spacial score (nSPS) is 11.4. The van der Waals surface area contributed by atoms with Crippen LogP contribution in [-0.4, -0.2) is 22.3 Å². The molecule has 0 aliphatic heterocycles. The summed E-state index contributed by atoms with van der Waals surface area (Å²) in [6.07, 6.45) is 3.29. The second kappa shape index (κ2) is 7.44. The molecule has 0 bridgehead atoms. The van der Waals surface area contributed by atoms with E-state index in [2.05, 4.69) is 34.6 Å². The molecule has 0 aliphatic carbocycles. The van der Waals surface area contributed by atoms with Crippen LogP contribution in [0.5, 0.6) is 0 Å². The highest BCUT2D eigenvalue weighted by Gasteiger charge is 2.10. The first-order chi connectivity index (χ1) is 12.0. The Morgan fingerprint density at radius 3 is 2.76 bits per heavy atom. The van der Waals surface area contributed by atoms with Crippen molar-refractivity contribution < 1.29 is 4.79 Å². The number of amides is 1. The third-order valence-electron chi connectivity index (χ3n) is 3.83. The van der Waals surface area contributed by atoms with E-state index >= 15 is 0 Å². The Morgan fingerprint density at radius 1 is 1.32 bits per heavy atom. The van der Waals surface area contributed by atoms with Gasteiger partial charge in [0.2, 0.25) is 0 Å². The molecule has 1 amide bonds. The summed E-state index contributed by atoms with van der Waals surface area (Å²) >= 11 is 1.59. The SMILES string of the molecule is Cc1ccc(-c2[nH]ncc2C=NNC(=O)c2csc(C(C)C)c2)cc1. The topological polar surface area (TPSA) is 70.1 Å². The first-order valence-electron chi connectivity index (χ1n) is 8.07. The Balaban J connectivity index is 1.69. The number of aromatic amines is 1. The number of thiophene rings is 1. The van der Waals surface area contributed by atoms with E-state index in [1.54, 1.807) is 23.7 Å². The Labute approximate surface area is 150 Å². The van der Waals surface area contributed by atoms with E-state index in [0.29, 0.717) is 11.5 Å². The molecule has 2 aromatic heterocycles. The lowest BCUT2D eigenvalue weighted by Gasteiger charge is -2.01. The summed E-state index contributed by atoms with van der Waals surface area (Å²) < 4.78 is 0. The average molecular weight is 352 g/mol. The number of nitrogens with one attached hydrogen (secondary N) is 2. The standard InChI is InChI=1S/C19H20N4OS/c1-12(2)17-8-15(11-25-17)19(24)23-21-10-16-9-20-22-18(16)14-6-4-13(3)5-7-14/h4-12H,1-3H3,(H,20,22)(H,23,24). The van der Waals surface area contributed by atoms with Gasteiger partial charge in [0.05, 0.1) is 23.7 Å². The van der Waals surface area contributed by atoms with Crippen molar-refractivity contribution in [3.05, 3.63) is 63.5 Å². The molecule has 0 saturated carbocycles. The van der Waals surface area contributed by atoms with Crippen LogP contribution in [0.25, 0.3) is 11.3 Å². The lowest BCUT2D eigenvalue weighted by atomic mass is 10.1. The molecule has 1 aromatic carbocycles. The van der Waals surface area contributed by atoms with E-state index in [1.807, 2.05) is 42.6 Å². The van der Waals surface area contributed by atoms with Crippen LogP contribution in [0, 0.1) is 6.92 Å². The van der Waals surface area contributed by atoms with Crippen molar-refractivity contribution in [1.82, 2.24) is 15.6 Å². The van der Waals surface area contributed by atoms with Crippen LogP contribution in [0.4, 0.5) is 0 Å². The fourth-order valence-corrected chi connectivity index (χ4v) is 3.25. The van der Waals surface area contributed by atoms with Gasteiger partial charge >= 0.3 is 0 Å². The molecule has 2 heterocycles. The Bertz CT molecular complexity index is 890. The van der Waals surface area contributed by atoms with Gasteiger partial charge in [-0.05, 0) is 18.9 Å². The van der Waals surface area contributed by atoms with Crippen LogP contribution in [-0.2, 0) is 0 Å². The number of hydrogen-bond acceptors (Lipinski definition) is 4. The van der Waals surface area contributed by atoms with Gasteiger partial charge in [-0.15, -0.1) is 11.3 Å². The zero-order valence-corrected chi connectivity index (χ0v) is 15.2. The van der Waals surface area contributed by atoms with E-state index in [0.717, 1.165) is 16.8 Å². The van der Waals surface area contributed by atoms with Gasteiger partial charge in [-0.2, -0.15) is 10.2 Å². The molecule has 3 rings (SSSR count). The molecule has 0 fully saturated rings. The minimum absolute atomic E-state index is 0.209. The molecule has 0 aliphatic rings. The molecule has 0 radical (unpaired) electrons. The van der Waals surface area contributed by atoms with Crippen LogP contribution in [0.15, 0.2) is 47.0 Å². The summed E-state index contributed by atoms with van der Waals surface area (Å²) in [5, 5.41) is 13.0. The van der Waals surface area contributed by atoms with Gasteiger partial charge in [-0.25, -0.2) is 5.43 Å². The number of aromatic nitrogens is 2. The summed E-state index contributed by atoms with van der Waals surface area (Å²) in [5.74, 6) is 0.206. The number of hydrogen-bond donors (Lipinski definition) is 2. The number of rotatable bonds is 5. The maximum absolute atomic E-state index is 12.2. The Hall–Kier alpha value is -2.73. The number of carbonyl (C=O) groups excluding carboxylic acids is 1. The largest absolute Gasteiger partial charge is 0.277 e. The molecule has 128 valence electrons. The molecular formula is C19H20N4OS. The number of hydrazone groups is 1. The summed E-state index contributed by atoms with van der Waals surface area (Å²) in [7, 11) is 0. The molecule has 6 heteroatoms. The Morgan fingerprint density at radius 2 is 2.08 bits per heavy atom. The van der Waals surface area contributed by atoms with Gasteiger partial charge in [-0.3, -0.25) is 9.89 Å². The van der Waals surface area contributed by atoms with Gasteiger partial charge < -0.3 is 0 Å². The predicted molar refractivity (Wildman–Crippen MR) is 102 cm³/mol. The van der Waals surface area contributed by atoms with Crippen LogP contribution >= 0.6 is 11.3 Å². The molecule has 0 atom stereocenters. The highest BCUT2D eigenvalue weighted by Crippen LogP contribution is 2.23. The zero-order chi connectivity index (χ0) is 17.8. The van der Waals surface area contributed by atoms with Gasteiger partial charge in [0.1, 0.15) is 0 Å². The third kappa shape index (κ3) is 4.03. The van der Waals surface area contributed by atoms with Gasteiger partial charge in [0.15, 0.2) is 0 Å². The summed E-state index contributed by atoms with van der Waals surface area (Å²) in [6, 6.07) is 10.1. The quantitative estimate of drug-likeness (QED) is 0.530. The molecule has 0 saturated heterocycles. The van der Waals surface area contributed by atoms with Crippen LogP contribution in [0.2, 0.25) is 0 Å². The highest BCUT2D eigenvalue weighted by atomic mass is 32.1. The molecule has 0 spiro atoms. The molecule has 2 N–H and O–H groups in total. The zero-order valence-electron chi connectivity index (χ0n) is 14.4. The first kappa shape index (κ1) is 17.1. The van der Waals surface area contributed by atoms with Gasteiger partial charge in [0, 0.05) is 21.4 Å². The van der Waals surface area contributed by atoms with Crippen molar-refractivity contribution in [1.29, 1.82) is 0 Å². The number of H-pyrrole nitrogens is 1. The highest BCUT2D eigenvalue weighted by molar-refractivity contribution is 7.10. The third-order valence-corrected chi connectivity index (χ3v) is 5.06. The second-order valence-corrected chi connectivity index (χ2v) is 7.10. The minimum Gasteiger partial charge on any atom is -0.277 e. The van der Waals surface area contributed by atoms with Crippen molar-refractivity contribution in [3.8, 4) is 11.3 Å². The van der Waals surface area contributed by atoms with E-state index in [-0.39, 0.29) is 5.91 Å². The van der Waals surface area contributed by atoms with E-state index in [9.17, 15) is 4.79 Å². The van der Waals surface area contributed by atoms with Crippen molar-refractivity contribution in [2.45, 2.75) is 26.7 Å². The maximum Gasteiger partial charge on any atom is 0.272 e. The first-order valence-corrected chi connectivity index (χ1v) is 8.95. The minimum atomic E-state index is -0.209. The average Bonchev–Trinajstić information content (AvgIpc) is 3.25. The van der Waals surface area contributed by atoms with Crippen molar-refractivity contribution >= 4 is 23.5 Å². The van der Waals surface area contributed by atoms with E-state index < -0.39 is 0 Å². The number of aryl methyl sites for hydroxylation is 1.